The van der Waals surface area contributed by atoms with E-state index in [0.717, 1.165) is 0 Å². The van der Waals surface area contributed by atoms with Crippen LogP contribution in [-0.2, 0) is 0 Å². The van der Waals surface area contributed by atoms with Crippen LogP contribution in [0.15, 0.2) is 37.4 Å². The first-order valence-corrected chi connectivity index (χ1v) is 2.57. The molecule has 0 atom stereocenters. The van der Waals surface area contributed by atoms with Crippen LogP contribution in [-0.4, -0.2) is 0 Å². The van der Waals surface area contributed by atoms with Crippen LogP contribution in [0.25, 0.3) is 11.1 Å². The van der Waals surface area contributed by atoms with Crippen LogP contribution in [0.1, 0.15) is 0 Å². The van der Waals surface area contributed by atoms with Gasteiger partial charge >= 0.3 is 0 Å². The molecule has 0 unspecified atom stereocenters. The standard InChI is InChI=1S/C6H4.C2H4.HI/c1-2-5-4-6(5)3-1;1-2;/h1-4H;1-2H2;1H. The van der Waals surface area contributed by atoms with Gasteiger partial charge in [0.25, 0.3) is 0 Å². The maximum atomic E-state index is 3.00. The van der Waals surface area contributed by atoms with Gasteiger partial charge in [0.1, 0.15) is 0 Å². The van der Waals surface area contributed by atoms with Crippen molar-refractivity contribution in [2.24, 2.45) is 0 Å². The second kappa shape index (κ2) is 3.67. The van der Waals surface area contributed by atoms with Gasteiger partial charge < -0.3 is 0 Å². The van der Waals surface area contributed by atoms with Gasteiger partial charge in [-0.15, -0.1) is 37.1 Å². The van der Waals surface area contributed by atoms with Gasteiger partial charge in [0.2, 0.25) is 0 Å². The first-order chi connectivity index (χ1) is 3.97. The zero-order chi connectivity index (χ0) is 5.98. The SMILES string of the molecule is C=C.I.c1cc2cc-2c1. The van der Waals surface area contributed by atoms with Crippen LogP contribution in [0, 0.1) is 0 Å². The van der Waals surface area contributed by atoms with Gasteiger partial charge in [0.05, 0.1) is 0 Å². The zero-order valence-electron chi connectivity index (χ0n) is 5.13. The number of halogens is 1. The molecule has 0 aromatic heterocycles. The fourth-order valence-electron chi connectivity index (χ4n) is 0.676. The van der Waals surface area contributed by atoms with E-state index in [1.807, 2.05) is 0 Å². The fourth-order valence-corrected chi connectivity index (χ4v) is 0.676. The molecule has 0 fully saturated rings. The lowest BCUT2D eigenvalue weighted by Crippen LogP contribution is -1.23. The molecule has 2 aliphatic carbocycles. The van der Waals surface area contributed by atoms with E-state index in [4.69, 9.17) is 0 Å². The lowest BCUT2D eigenvalue weighted by Gasteiger charge is -1.48. The molecule has 0 aromatic rings. The summed E-state index contributed by atoms with van der Waals surface area (Å²) >= 11 is 0. The highest BCUT2D eigenvalue weighted by molar-refractivity contribution is 14.0. The molecule has 48 valence electrons. The van der Waals surface area contributed by atoms with E-state index in [1.54, 1.807) is 0 Å². The summed E-state index contributed by atoms with van der Waals surface area (Å²) in [7, 11) is 0. The van der Waals surface area contributed by atoms with Crippen molar-refractivity contribution in [2.75, 3.05) is 0 Å². The molecule has 2 aliphatic rings. The van der Waals surface area contributed by atoms with E-state index < -0.39 is 0 Å². The minimum absolute atomic E-state index is 0. The predicted octanol–water partition coefficient (Wildman–Crippen LogP) is 3.09. The average molecular weight is 232 g/mol. The van der Waals surface area contributed by atoms with Crippen molar-refractivity contribution in [2.45, 2.75) is 0 Å². The van der Waals surface area contributed by atoms with E-state index in [9.17, 15) is 0 Å². The van der Waals surface area contributed by atoms with Crippen LogP contribution in [0.4, 0.5) is 0 Å². The lowest BCUT2D eigenvalue weighted by atomic mass is 10.6. The van der Waals surface area contributed by atoms with E-state index in [1.165, 1.54) is 11.1 Å². The molecule has 0 amide bonds. The van der Waals surface area contributed by atoms with Gasteiger partial charge in [-0.05, 0) is 17.2 Å². The number of benzene rings is 1. The summed E-state index contributed by atoms with van der Waals surface area (Å²) in [6, 6.07) is 8.48. The largest absolute Gasteiger partial charge is 0.107 e. The molecule has 0 radical (unpaired) electrons. The summed E-state index contributed by atoms with van der Waals surface area (Å²) in [6.45, 7) is 6.00. The highest BCUT2D eigenvalue weighted by Gasteiger charge is 2.06. The molecule has 0 saturated heterocycles. The zero-order valence-corrected chi connectivity index (χ0v) is 7.46. The molecular formula is C8H9I. The van der Waals surface area contributed by atoms with Crippen LogP contribution in [0.2, 0.25) is 0 Å². The Morgan fingerprint density at radius 1 is 1.00 bits per heavy atom. The Kier molecular flexibility index (Phi) is 3.54. The molecular weight excluding hydrogens is 223 g/mol. The van der Waals surface area contributed by atoms with Gasteiger partial charge in [0.15, 0.2) is 0 Å². The second-order valence-corrected chi connectivity index (χ2v) is 1.58. The third-order valence-electron chi connectivity index (χ3n) is 1.11. The molecule has 2 rings (SSSR count). The van der Waals surface area contributed by atoms with E-state index >= 15 is 0 Å². The highest BCUT2D eigenvalue weighted by atomic mass is 127. The molecule has 9 heavy (non-hydrogen) atoms. The molecule has 0 aromatic carbocycles. The van der Waals surface area contributed by atoms with E-state index in [0.29, 0.717) is 0 Å². The molecule has 0 spiro atoms. The normalized spacial score (nSPS) is 8.00. The van der Waals surface area contributed by atoms with Crippen molar-refractivity contribution < 1.29 is 0 Å². The Morgan fingerprint density at radius 2 is 1.44 bits per heavy atom. The quantitative estimate of drug-likeness (QED) is 0.483. The van der Waals surface area contributed by atoms with Crippen molar-refractivity contribution in [1.82, 2.24) is 0 Å². The second-order valence-electron chi connectivity index (χ2n) is 1.58. The average Bonchev–Trinajstić information content (AvgIpc) is 2.46. The molecule has 0 bridgehead atoms. The van der Waals surface area contributed by atoms with Crippen molar-refractivity contribution >= 4 is 24.0 Å². The first kappa shape index (κ1) is 8.69. The van der Waals surface area contributed by atoms with Crippen LogP contribution >= 0.6 is 24.0 Å². The number of hydrogen-bond acceptors (Lipinski definition) is 0. The fraction of sp³-hybridized carbons (Fsp3) is 0. The van der Waals surface area contributed by atoms with Gasteiger partial charge in [-0.1, -0.05) is 18.2 Å². The summed E-state index contributed by atoms with van der Waals surface area (Å²) in [6.07, 6.45) is 0. The maximum Gasteiger partial charge on any atom is -0.0178 e. The third-order valence-corrected chi connectivity index (χ3v) is 1.11. The van der Waals surface area contributed by atoms with Gasteiger partial charge in [-0.2, -0.15) is 0 Å². The Hall–Kier alpha value is -0.310. The van der Waals surface area contributed by atoms with Gasteiger partial charge in [-0.25, -0.2) is 0 Å². The number of fused-ring (bicyclic) bond motifs is 1. The molecule has 0 nitrogen and oxygen atoms in total. The summed E-state index contributed by atoms with van der Waals surface area (Å²) < 4.78 is 0. The summed E-state index contributed by atoms with van der Waals surface area (Å²) in [5, 5.41) is 0. The van der Waals surface area contributed by atoms with Crippen LogP contribution in [0.3, 0.4) is 0 Å². The van der Waals surface area contributed by atoms with Crippen molar-refractivity contribution in [1.29, 1.82) is 0 Å². The van der Waals surface area contributed by atoms with Crippen LogP contribution < -0.4 is 0 Å². The first-order valence-electron chi connectivity index (χ1n) is 2.57. The maximum absolute atomic E-state index is 3.00. The van der Waals surface area contributed by atoms with E-state index in [2.05, 4.69) is 37.4 Å². The summed E-state index contributed by atoms with van der Waals surface area (Å²) in [5.41, 5.74) is 2.85. The van der Waals surface area contributed by atoms with Crippen molar-refractivity contribution in [3.63, 3.8) is 0 Å². The third kappa shape index (κ3) is 1.82. The van der Waals surface area contributed by atoms with Gasteiger partial charge in [-0.3, -0.25) is 0 Å². The molecule has 0 saturated carbocycles. The Bertz CT molecular complexity index is 176. The summed E-state index contributed by atoms with van der Waals surface area (Å²) in [5.74, 6) is 0. The minimum atomic E-state index is 0. The van der Waals surface area contributed by atoms with Crippen LogP contribution in [0.5, 0.6) is 0 Å². The highest BCUT2D eigenvalue weighted by Crippen LogP contribution is 2.32. The Morgan fingerprint density at radius 3 is 1.56 bits per heavy atom. The Labute approximate surface area is 72.6 Å². The topological polar surface area (TPSA) is 0 Å². The minimum Gasteiger partial charge on any atom is -0.107 e. The van der Waals surface area contributed by atoms with Crippen molar-refractivity contribution in [3.8, 4) is 11.1 Å². The van der Waals surface area contributed by atoms with E-state index in [-0.39, 0.29) is 24.0 Å². The number of rotatable bonds is 0. The smallest absolute Gasteiger partial charge is 0.0178 e. The predicted molar refractivity (Wildman–Crippen MR) is 52.1 cm³/mol. The molecule has 0 N–H and O–H groups in total. The number of hydrogen-bond donors (Lipinski definition) is 0. The molecule has 1 heteroatoms. The van der Waals surface area contributed by atoms with Gasteiger partial charge in [0, 0.05) is 0 Å². The summed E-state index contributed by atoms with van der Waals surface area (Å²) in [4.78, 5) is 0. The molecule has 0 heterocycles. The monoisotopic (exact) mass is 232 g/mol. The Balaban J connectivity index is 0.000000198. The molecule has 0 aliphatic heterocycles. The lowest BCUT2D eigenvalue weighted by molar-refractivity contribution is 2.01. The van der Waals surface area contributed by atoms with Crippen molar-refractivity contribution in [3.05, 3.63) is 37.4 Å².